The number of carbonyl (C=O) groups is 1. The first kappa shape index (κ1) is 8.26. The maximum Gasteiger partial charge on any atom is 0.312 e. The van der Waals surface area contributed by atoms with Crippen molar-refractivity contribution < 1.29 is 9.63 Å². The summed E-state index contributed by atoms with van der Waals surface area (Å²) in [6.07, 6.45) is 2.24. The number of alkyl halides is 1. The minimum atomic E-state index is 0.494. The molecule has 0 radical (unpaired) electrons. The Hall–Kier alpha value is 0.160. The van der Waals surface area contributed by atoms with E-state index in [0.29, 0.717) is 6.47 Å². The van der Waals surface area contributed by atoms with Crippen LogP contribution in [0.1, 0.15) is 12.8 Å². The van der Waals surface area contributed by atoms with E-state index in [1.807, 2.05) is 0 Å². The fourth-order valence-corrected chi connectivity index (χ4v) is 1.55. The van der Waals surface area contributed by atoms with Gasteiger partial charge in [-0.15, -0.1) is 5.06 Å². The van der Waals surface area contributed by atoms with Gasteiger partial charge in [-0.25, -0.2) is 0 Å². The predicted molar refractivity (Wildman–Crippen MR) is 45.8 cm³/mol. The second-order valence-corrected chi connectivity index (χ2v) is 4.07. The lowest BCUT2D eigenvalue weighted by Crippen LogP contribution is -2.33. The smallest absolute Gasteiger partial charge is 0.312 e. The summed E-state index contributed by atoms with van der Waals surface area (Å²) in [5.41, 5.74) is 0. The summed E-state index contributed by atoms with van der Waals surface area (Å²) < 4.78 is 0.754. The highest BCUT2D eigenvalue weighted by Crippen LogP contribution is 2.17. The number of hydrogen-bond donors (Lipinski definition) is 0. The van der Waals surface area contributed by atoms with E-state index in [4.69, 9.17) is 0 Å². The SMILES string of the molecule is O=CON1CCC(I)CC1. The zero-order chi connectivity index (χ0) is 7.40. The predicted octanol–water partition coefficient (Wildman–Crippen LogP) is 0.974. The summed E-state index contributed by atoms with van der Waals surface area (Å²) in [5, 5.41) is 1.71. The van der Waals surface area contributed by atoms with E-state index >= 15 is 0 Å². The topological polar surface area (TPSA) is 29.5 Å². The molecule has 0 N–H and O–H groups in total. The molecule has 0 aromatic carbocycles. The molecule has 1 aliphatic heterocycles. The number of halogens is 1. The minimum Gasteiger partial charge on any atom is -0.371 e. The molecule has 1 heterocycles. The second-order valence-electron chi connectivity index (χ2n) is 2.31. The maximum absolute atomic E-state index is 9.89. The Balaban J connectivity index is 2.19. The number of piperidine rings is 1. The van der Waals surface area contributed by atoms with Gasteiger partial charge in [0.25, 0.3) is 0 Å². The molecule has 1 aliphatic rings. The van der Waals surface area contributed by atoms with Crippen LogP contribution >= 0.6 is 22.6 Å². The van der Waals surface area contributed by atoms with Crippen molar-refractivity contribution in [2.75, 3.05) is 13.1 Å². The molecule has 0 aliphatic carbocycles. The second kappa shape index (κ2) is 4.12. The molecule has 0 atom stereocenters. The van der Waals surface area contributed by atoms with Gasteiger partial charge in [-0.1, -0.05) is 22.6 Å². The van der Waals surface area contributed by atoms with Gasteiger partial charge in [0.05, 0.1) is 0 Å². The highest BCUT2D eigenvalue weighted by molar-refractivity contribution is 14.1. The normalized spacial score (nSPS) is 22.5. The largest absolute Gasteiger partial charge is 0.371 e. The lowest BCUT2D eigenvalue weighted by Gasteiger charge is -2.25. The van der Waals surface area contributed by atoms with Crippen LogP contribution in [-0.2, 0) is 9.63 Å². The van der Waals surface area contributed by atoms with Crippen LogP contribution in [0.5, 0.6) is 0 Å². The van der Waals surface area contributed by atoms with Crippen molar-refractivity contribution >= 4 is 29.1 Å². The fourth-order valence-electron chi connectivity index (χ4n) is 0.991. The summed E-state index contributed by atoms with van der Waals surface area (Å²) in [4.78, 5) is 14.6. The summed E-state index contributed by atoms with van der Waals surface area (Å²) in [6, 6.07) is 0. The number of carbonyl (C=O) groups excluding carboxylic acids is 1. The minimum absolute atomic E-state index is 0.494. The van der Waals surface area contributed by atoms with Crippen LogP contribution < -0.4 is 0 Å². The molecule has 4 heteroatoms. The molecule has 1 rings (SSSR count). The third kappa shape index (κ3) is 2.42. The molecule has 0 bridgehead atoms. The van der Waals surface area contributed by atoms with Gasteiger partial charge in [0.2, 0.25) is 0 Å². The maximum atomic E-state index is 9.89. The van der Waals surface area contributed by atoms with E-state index in [0.717, 1.165) is 29.9 Å². The highest BCUT2D eigenvalue weighted by Gasteiger charge is 2.16. The van der Waals surface area contributed by atoms with Crippen LogP contribution in [0.4, 0.5) is 0 Å². The van der Waals surface area contributed by atoms with Crippen molar-refractivity contribution in [3.05, 3.63) is 0 Å². The molecule has 58 valence electrons. The van der Waals surface area contributed by atoms with Crippen LogP contribution in [0.25, 0.3) is 0 Å². The summed E-state index contributed by atoms with van der Waals surface area (Å²) >= 11 is 2.42. The van der Waals surface area contributed by atoms with Crippen molar-refractivity contribution in [3.8, 4) is 0 Å². The number of nitrogens with zero attached hydrogens (tertiary/aromatic N) is 1. The van der Waals surface area contributed by atoms with Gasteiger partial charge in [-0.3, -0.25) is 4.79 Å². The van der Waals surface area contributed by atoms with Gasteiger partial charge in [-0.05, 0) is 12.8 Å². The number of rotatable bonds is 2. The fraction of sp³-hybridized carbons (Fsp3) is 0.833. The number of hydroxylamine groups is 2. The third-order valence-corrected chi connectivity index (χ3v) is 2.82. The molecule has 3 nitrogen and oxygen atoms in total. The van der Waals surface area contributed by atoms with Gasteiger partial charge in [0.1, 0.15) is 0 Å². The molecule has 0 spiro atoms. The zero-order valence-electron chi connectivity index (χ0n) is 5.62. The van der Waals surface area contributed by atoms with Crippen LogP contribution in [0, 0.1) is 0 Å². The van der Waals surface area contributed by atoms with Crippen molar-refractivity contribution in [2.24, 2.45) is 0 Å². The molecule has 0 aromatic rings. The van der Waals surface area contributed by atoms with Crippen molar-refractivity contribution in [2.45, 2.75) is 16.8 Å². The Morgan fingerprint density at radius 1 is 1.50 bits per heavy atom. The molecule has 0 saturated carbocycles. The van der Waals surface area contributed by atoms with Gasteiger partial charge >= 0.3 is 6.47 Å². The molecular weight excluding hydrogens is 245 g/mol. The van der Waals surface area contributed by atoms with E-state index in [2.05, 4.69) is 27.4 Å². The van der Waals surface area contributed by atoms with E-state index in [1.54, 1.807) is 5.06 Å². The first-order valence-electron chi connectivity index (χ1n) is 3.32. The van der Waals surface area contributed by atoms with E-state index in [1.165, 1.54) is 0 Å². The lowest BCUT2D eigenvalue weighted by molar-refractivity contribution is -0.177. The first-order chi connectivity index (χ1) is 4.83. The Labute approximate surface area is 73.8 Å². The lowest BCUT2D eigenvalue weighted by atomic mass is 10.2. The monoisotopic (exact) mass is 255 g/mol. The number of hydrogen-bond acceptors (Lipinski definition) is 3. The van der Waals surface area contributed by atoms with Crippen molar-refractivity contribution in [1.29, 1.82) is 0 Å². The van der Waals surface area contributed by atoms with E-state index < -0.39 is 0 Å². The van der Waals surface area contributed by atoms with Crippen LogP contribution in [0.3, 0.4) is 0 Å². The zero-order valence-corrected chi connectivity index (χ0v) is 7.78. The van der Waals surface area contributed by atoms with Gasteiger partial charge in [0.15, 0.2) is 0 Å². The summed E-state index contributed by atoms with van der Waals surface area (Å²) in [6.45, 7) is 2.26. The molecule has 10 heavy (non-hydrogen) atoms. The van der Waals surface area contributed by atoms with Crippen LogP contribution in [0.15, 0.2) is 0 Å². The highest BCUT2D eigenvalue weighted by atomic mass is 127. The van der Waals surface area contributed by atoms with Gasteiger partial charge in [0, 0.05) is 17.0 Å². The first-order valence-corrected chi connectivity index (χ1v) is 4.57. The Kier molecular flexibility index (Phi) is 3.41. The Morgan fingerprint density at radius 3 is 2.60 bits per heavy atom. The molecule has 0 aromatic heterocycles. The Morgan fingerprint density at radius 2 is 2.10 bits per heavy atom. The quantitative estimate of drug-likeness (QED) is 0.418. The molecule has 0 unspecified atom stereocenters. The van der Waals surface area contributed by atoms with Gasteiger partial charge in [-0.2, -0.15) is 0 Å². The molecule has 1 saturated heterocycles. The Bertz CT molecular complexity index is 112. The van der Waals surface area contributed by atoms with Gasteiger partial charge < -0.3 is 4.84 Å². The van der Waals surface area contributed by atoms with Crippen molar-refractivity contribution in [1.82, 2.24) is 5.06 Å². The van der Waals surface area contributed by atoms with E-state index in [-0.39, 0.29) is 0 Å². The van der Waals surface area contributed by atoms with E-state index in [9.17, 15) is 4.79 Å². The molecule has 1 fully saturated rings. The average molecular weight is 255 g/mol. The molecular formula is C6H10INO2. The summed E-state index contributed by atoms with van der Waals surface area (Å²) in [5.74, 6) is 0. The molecule has 0 amide bonds. The van der Waals surface area contributed by atoms with Crippen LogP contribution in [-0.4, -0.2) is 28.5 Å². The van der Waals surface area contributed by atoms with Crippen molar-refractivity contribution in [3.63, 3.8) is 0 Å². The summed E-state index contributed by atoms with van der Waals surface area (Å²) in [7, 11) is 0. The van der Waals surface area contributed by atoms with Crippen LogP contribution in [0.2, 0.25) is 0 Å². The average Bonchev–Trinajstić information content (AvgIpc) is 1.95. The standard InChI is InChI=1S/C6H10INO2/c7-6-1-3-8(4-2-6)10-5-9/h5-6H,1-4H2. The third-order valence-electron chi connectivity index (χ3n) is 1.58.